The fourth-order valence-corrected chi connectivity index (χ4v) is 10.5. The second-order valence-corrected chi connectivity index (χ2v) is 12.8. The van der Waals surface area contributed by atoms with Gasteiger partial charge in [-0.25, -0.2) is 4.90 Å². The van der Waals surface area contributed by atoms with Crippen LogP contribution < -0.4 is 19.2 Å². The van der Waals surface area contributed by atoms with E-state index in [1.165, 1.54) is 30.0 Å². The first-order valence-electron chi connectivity index (χ1n) is 12.8. The molecular formula is C28H23F3N2O5S2. The summed E-state index contributed by atoms with van der Waals surface area (Å²) in [7, 11) is 3.09. The molecule has 5 unspecified atom stereocenters. The molecule has 2 bridgehead atoms. The lowest BCUT2D eigenvalue weighted by atomic mass is 9.68. The Morgan fingerprint density at radius 1 is 0.950 bits per heavy atom. The quantitative estimate of drug-likeness (QED) is 0.424. The number of para-hydroxylation sites is 1. The van der Waals surface area contributed by atoms with Gasteiger partial charge >= 0.3 is 11.0 Å². The van der Waals surface area contributed by atoms with Crippen molar-refractivity contribution in [3.63, 3.8) is 0 Å². The fraction of sp³-hybridized carbons (Fsp3) is 0.393. The number of amides is 2. The van der Waals surface area contributed by atoms with E-state index in [1.807, 2.05) is 12.1 Å². The van der Waals surface area contributed by atoms with Gasteiger partial charge < -0.3 is 14.5 Å². The lowest BCUT2D eigenvalue weighted by Gasteiger charge is -2.43. The molecule has 208 valence electrons. The minimum absolute atomic E-state index is 0.0864. The van der Waals surface area contributed by atoms with E-state index in [9.17, 15) is 27.6 Å². The third kappa shape index (κ3) is 3.47. The molecule has 4 aliphatic rings. The summed E-state index contributed by atoms with van der Waals surface area (Å²) >= 11 is 2.65. The van der Waals surface area contributed by atoms with E-state index in [2.05, 4.69) is 4.98 Å². The summed E-state index contributed by atoms with van der Waals surface area (Å²) in [4.78, 5) is 44.5. The average molecular weight is 589 g/mol. The molecule has 1 N–H and O–H groups in total. The second-order valence-electron chi connectivity index (χ2n) is 10.6. The van der Waals surface area contributed by atoms with Gasteiger partial charge in [0.15, 0.2) is 11.5 Å². The monoisotopic (exact) mass is 588 g/mol. The number of methoxy groups -OCH3 is 2. The van der Waals surface area contributed by atoms with Crippen molar-refractivity contribution in [2.45, 2.75) is 28.8 Å². The van der Waals surface area contributed by atoms with Crippen LogP contribution in [0.3, 0.4) is 0 Å². The zero-order valence-corrected chi connectivity index (χ0v) is 22.9. The van der Waals surface area contributed by atoms with Gasteiger partial charge in [-0.1, -0.05) is 29.5 Å². The van der Waals surface area contributed by atoms with Crippen molar-refractivity contribution in [2.24, 2.45) is 29.6 Å². The molecule has 12 heteroatoms. The number of aromatic amines is 1. The number of benzene rings is 2. The van der Waals surface area contributed by atoms with E-state index in [0.717, 1.165) is 37.8 Å². The van der Waals surface area contributed by atoms with Crippen LogP contribution in [0.4, 0.5) is 18.9 Å². The number of ether oxygens (including phenoxy) is 2. The first-order chi connectivity index (χ1) is 19.1. The van der Waals surface area contributed by atoms with Crippen molar-refractivity contribution in [3.05, 3.63) is 68.1 Å². The van der Waals surface area contributed by atoms with Gasteiger partial charge in [0.2, 0.25) is 11.8 Å². The molecule has 7 rings (SSSR count). The molecule has 0 radical (unpaired) electrons. The number of anilines is 1. The Kier molecular flexibility index (Phi) is 5.70. The molecular weight excluding hydrogens is 565 g/mol. The molecule has 2 saturated carbocycles. The van der Waals surface area contributed by atoms with Gasteiger partial charge in [-0.3, -0.25) is 14.4 Å². The standard InChI is InChI=1S/C28H23F3N2O5S2/c1-37-16-8-7-11(9-17(16)38-2)18-19-12-10-13(22(19)39-24-23(18)40-27(36)32-24)21-20(12)25(34)33(26(21)35)15-6-4-3-5-14(15)28(29,30)31/h3-9,12-13,18-22H,10H2,1-2H3,(H,32,36)/t12-,13-,18?,19?,20?,21?,22?/m1/s1. The van der Waals surface area contributed by atoms with Gasteiger partial charge in [0.25, 0.3) is 0 Å². The first-order valence-corrected chi connectivity index (χ1v) is 14.5. The number of nitrogens with one attached hydrogen (secondary N) is 1. The third-order valence-corrected chi connectivity index (χ3v) is 11.5. The molecule has 2 aromatic carbocycles. The number of halogens is 3. The summed E-state index contributed by atoms with van der Waals surface area (Å²) < 4.78 is 52.5. The van der Waals surface area contributed by atoms with Crippen LogP contribution in [0, 0.1) is 29.6 Å². The van der Waals surface area contributed by atoms with Gasteiger partial charge in [-0.2, -0.15) is 13.2 Å². The Morgan fingerprint density at radius 2 is 1.65 bits per heavy atom. The zero-order valence-electron chi connectivity index (χ0n) is 21.2. The van der Waals surface area contributed by atoms with E-state index >= 15 is 0 Å². The van der Waals surface area contributed by atoms with Gasteiger partial charge in [-0.05, 0) is 54.0 Å². The average Bonchev–Trinajstić information content (AvgIpc) is 3.66. The number of fused-ring (bicyclic) bond motifs is 9. The number of aromatic nitrogens is 1. The van der Waals surface area contributed by atoms with E-state index in [0.29, 0.717) is 17.9 Å². The Bertz CT molecular complexity index is 1620. The van der Waals surface area contributed by atoms with Crippen LogP contribution in [-0.4, -0.2) is 36.3 Å². The van der Waals surface area contributed by atoms with Crippen molar-refractivity contribution in [1.82, 2.24) is 4.98 Å². The van der Waals surface area contributed by atoms with Gasteiger partial charge in [0.1, 0.15) is 0 Å². The molecule has 1 aromatic heterocycles. The Hall–Kier alpha value is -3.25. The summed E-state index contributed by atoms with van der Waals surface area (Å²) in [5, 5.41) is 0.660. The number of rotatable bonds is 4. The molecule has 7 atom stereocenters. The lowest BCUT2D eigenvalue weighted by molar-refractivity contribution is -0.137. The molecule has 1 saturated heterocycles. The maximum absolute atomic E-state index is 13.9. The summed E-state index contributed by atoms with van der Waals surface area (Å²) in [6.45, 7) is 0. The van der Waals surface area contributed by atoms with Crippen molar-refractivity contribution < 1.29 is 32.2 Å². The predicted molar refractivity (Wildman–Crippen MR) is 142 cm³/mol. The van der Waals surface area contributed by atoms with Crippen LogP contribution in [0.1, 0.15) is 28.3 Å². The van der Waals surface area contributed by atoms with Crippen LogP contribution in [0.15, 0.2) is 52.3 Å². The van der Waals surface area contributed by atoms with E-state index in [1.54, 1.807) is 20.3 Å². The number of thioether (sulfide) groups is 1. The van der Waals surface area contributed by atoms with Crippen molar-refractivity contribution in [3.8, 4) is 11.5 Å². The molecule has 2 aliphatic heterocycles. The maximum atomic E-state index is 13.9. The molecule has 3 aromatic rings. The van der Waals surface area contributed by atoms with Crippen molar-refractivity contribution in [2.75, 3.05) is 19.1 Å². The number of carbonyl (C=O) groups excluding carboxylic acids is 2. The Labute approximate surface area is 234 Å². The highest BCUT2D eigenvalue weighted by Crippen LogP contribution is 2.69. The number of imide groups is 1. The van der Waals surface area contributed by atoms with Crippen LogP contribution in [-0.2, 0) is 15.8 Å². The van der Waals surface area contributed by atoms with Gasteiger partial charge in [0.05, 0.1) is 42.3 Å². The van der Waals surface area contributed by atoms with Crippen molar-refractivity contribution >= 4 is 40.6 Å². The molecule has 2 amide bonds. The van der Waals surface area contributed by atoms with Gasteiger partial charge in [0, 0.05) is 16.0 Å². The second kappa shape index (κ2) is 8.87. The molecule has 0 spiro atoms. The first kappa shape index (κ1) is 25.7. The number of nitrogens with zero attached hydrogens (tertiary/aromatic N) is 1. The molecule has 40 heavy (non-hydrogen) atoms. The number of thiazole rings is 1. The topological polar surface area (TPSA) is 88.7 Å². The van der Waals surface area contributed by atoms with Crippen LogP contribution in [0.2, 0.25) is 0 Å². The largest absolute Gasteiger partial charge is 0.493 e. The smallest absolute Gasteiger partial charge is 0.418 e. The highest BCUT2D eigenvalue weighted by molar-refractivity contribution is 8.00. The van der Waals surface area contributed by atoms with E-state index < -0.39 is 41.1 Å². The third-order valence-electron chi connectivity index (χ3n) is 8.94. The number of hydrogen-bond acceptors (Lipinski definition) is 7. The summed E-state index contributed by atoms with van der Waals surface area (Å²) in [5.74, 6) is -2.22. The highest BCUT2D eigenvalue weighted by Gasteiger charge is 2.70. The predicted octanol–water partition coefficient (Wildman–Crippen LogP) is 5.15. The van der Waals surface area contributed by atoms with Crippen LogP contribution in [0.5, 0.6) is 11.5 Å². The lowest BCUT2D eigenvalue weighted by Crippen LogP contribution is -2.42. The number of carbonyl (C=O) groups is 2. The Balaban J connectivity index is 1.33. The van der Waals surface area contributed by atoms with E-state index in [4.69, 9.17) is 9.47 Å². The fourth-order valence-electron chi connectivity index (χ4n) is 7.58. The zero-order chi connectivity index (χ0) is 28.1. The maximum Gasteiger partial charge on any atom is 0.418 e. The normalized spacial score (nSPS) is 30.3. The van der Waals surface area contributed by atoms with Crippen LogP contribution in [0.25, 0.3) is 0 Å². The minimum Gasteiger partial charge on any atom is -0.493 e. The molecule has 3 heterocycles. The SMILES string of the molecule is COc1ccc(C2c3sc(=O)[nH]c3SC3C2[C@H]2C[C@@H]3C3C(=O)N(c4ccccc4C(F)(F)F)C(=O)C32)cc1OC. The Morgan fingerprint density at radius 3 is 2.35 bits per heavy atom. The number of hydrogen-bond donors (Lipinski definition) is 1. The summed E-state index contributed by atoms with van der Waals surface area (Å²) in [6.07, 6.45) is -4.08. The number of alkyl halides is 3. The van der Waals surface area contributed by atoms with Gasteiger partial charge in [-0.15, -0.1) is 11.8 Å². The number of H-pyrrole nitrogens is 1. The van der Waals surface area contributed by atoms with Crippen LogP contribution >= 0.6 is 23.1 Å². The molecule has 3 fully saturated rings. The minimum atomic E-state index is -4.71. The molecule has 7 nitrogen and oxygen atoms in total. The molecule has 2 aliphatic carbocycles. The summed E-state index contributed by atoms with van der Waals surface area (Å²) in [5.41, 5.74) is -0.516. The summed E-state index contributed by atoms with van der Waals surface area (Å²) in [6, 6.07) is 10.3. The highest BCUT2D eigenvalue weighted by atomic mass is 32.2. The van der Waals surface area contributed by atoms with E-state index in [-0.39, 0.29) is 33.8 Å². The van der Waals surface area contributed by atoms with Crippen molar-refractivity contribution in [1.29, 1.82) is 0 Å².